The molecule has 0 aliphatic rings. The Labute approximate surface area is 138 Å². The molecule has 1 N–H and O–H groups in total. The maximum absolute atomic E-state index is 12.0. The fourth-order valence-corrected chi connectivity index (χ4v) is 3.08. The summed E-state index contributed by atoms with van der Waals surface area (Å²) in [6.07, 6.45) is 0. The number of carbonyl (C=O) groups is 1. The first kappa shape index (κ1) is 16.2. The average molecular weight is 340 g/mol. The second-order valence-corrected chi connectivity index (χ2v) is 6.71. The molecule has 0 saturated carbocycles. The topological polar surface area (TPSA) is 29.1 Å². The summed E-state index contributed by atoms with van der Waals surface area (Å²) < 4.78 is 0. The zero-order valence-electron chi connectivity index (χ0n) is 11.5. The van der Waals surface area contributed by atoms with Crippen molar-refractivity contribution < 1.29 is 4.79 Å². The Morgan fingerprint density at radius 3 is 2.57 bits per heavy atom. The molecule has 110 valence electrons. The van der Waals surface area contributed by atoms with Crippen LogP contribution in [0.4, 0.5) is 5.69 Å². The molecule has 2 aromatic carbocycles. The van der Waals surface area contributed by atoms with Crippen LogP contribution in [0.1, 0.15) is 17.7 Å². The Morgan fingerprint density at radius 2 is 1.90 bits per heavy atom. The zero-order chi connectivity index (χ0) is 15.2. The molecule has 0 radical (unpaired) electrons. The summed E-state index contributed by atoms with van der Waals surface area (Å²) in [5.41, 5.74) is 1.79. The lowest BCUT2D eigenvalue weighted by molar-refractivity contribution is -0.113. The molecule has 0 aliphatic heterocycles. The molecule has 2 aromatic rings. The van der Waals surface area contributed by atoms with Gasteiger partial charge in [-0.2, -0.15) is 0 Å². The maximum atomic E-state index is 12.0. The van der Waals surface area contributed by atoms with Gasteiger partial charge in [0.15, 0.2) is 0 Å². The van der Waals surface area contributed by atoms with E-state index in [9.17, 15) is 4.79 Å². The molecule has 5 heteroatoms. The summed E-state index contributed by atoms with van der Waals surface area (Å²) >= 11 is 13.4. The summed E-state index contributed by atoms with van der Waals surface area (Å²) in [6, 6.07) is 15.1. The van der Waals surface area contributed by atoms with Crippen molar-refractivity contribution in [2.24, 2.45) is 0 Å². The summed E-state index contributed by atoms with van der Waals surface area (Å²) in [5, 5.41) is 4.04. The molecular formula is C16H15Cl2NOS. The second kappa shape index (κ2) is 7.74. The van der Waals surface area contributed by atoms with Gasteiger partial charge in [0.05, 0.1) is 16.5 Å². The van der Waals surface area contributed by atoms with Crippen molar-refractivity contribution >= 4 is 46.6 Å². The van der Waals surface area contributed by atoms with Crippen LogP contribution in [0.15, 0.2) is 48.5 Å². The van der Waals surface area contributed by atoms with Gasteiger partial charge in [-0.25, -0.2) is 0 Å². The van der Waals surface area contributed by atoms with Gasteiger partial charge in [-0.15, -0.1) is 11.8 Å². The van der Waals surface area contributed by atoms with Gasteiger partial charge < -0.3 is 5.32 Å². The number of halogens is 2. The molecule has 0 aliphatic carbocycles. The average Bonchev–Trinajstić information content (AvgIpc) is 2.48. The van der Waals surface area contributed by atoms with Crippen LogP contribution in [0.25, 0.3) is 0 Å². The van der Waals surface area contributed by atoms with Gasteiger partial charge in [0, 0.05) is 10.3 Å². The van der Waals surface area contributed by atoms with Gasteiger partial charge in [-0.05, 0) is 30.7 Å². The number of thioether (sulfide) groups is 1. The van der Waals surface area contributed by atoms with Crippen LogP contribution in [-0.4, -0.2) is 11.7 Å². The van der Waals surface area contributed by atoms with Gasteiger partial charge in [-0.3, -0.25) is 4.79 Å². The third-order valence-electron chi connectivity index (χ3n) is 2.94. The normalized spacial score (nSPS) is 12.0. The number of amides is 1. The molecule has 0 heterocycles. The van der Waals surface area contributed by atoms with Crippen molar-refractivity contribution in [3.05, 3.63) is 64.1 Å². The van der Waals surface area contributed by atoms with Crippen LogP contribution in [0.3, 0.4) is 0 Å². The number of benzene rings is 2. The Morgan fingerprint density at radius 1 is 1.19 bits per heavy atom. The zero-order valence-corrected chi connectivity index (χ0v) is 13.8. The maximum Gasteiger partial charge on any atom is 0.234 e. The first-order valence-corrected chi connectivity index (χ1v) is 8.28. The van der Waals surface area contributed by atoms with Crippen LogP contribution in [0, 0.1) is 0 Å². The lowest BCUT2D eigenvalue weighted by atomic mass is 10.2. The van der Waals surface area contributed by atoms with Crippen molar-refractivity contribution in [1.29, 1.82) is 0 Å². The molecule has 21 heavy (non-hydrogen) atoms. The molecule has 1 atom stereocenters. The van der Waals surface area contributed by atoms with Crippen LogP contribution in [0.2, 0.25) is 10.0 Å². The fourth-order valence-electron chi connectivity index (χ4n) is 1.80. The van der Waals surface area contributed by atoms with Crippen molar-refractivity contribution in [1.82, 2.24) is 0 Å². The summed E-state index contributed by atoms with van der Waals surface area (Å²) in [4.78, 5) is 12.0. The highest BCUT2D eigenvalue weighted by Gasteiger charge is 2.10. The first-order valence-electron chi connectivity index (χ1n) is 6.47. The monoisotopic (exact) mass is 339 g/mol. The van der Waals surface area contributed by atoms with E-state index < -0.39 is 0 Å². The van der Waals surface area contributed by atoms with E-state index in [1.807, 2.05) is 18.2 Å². The quantitative estimate of drug-likeness (QED) is 0.787. The van der Waals surface area contributed by atoms with Crippen molar-refractivity contribution in [3.63, 3.8) is 0 Å². The van der Waals surface area contributed by atoms with Crippen molar-refractivity contribution in [2.45, 2.75) is 12.2 Å². The molecule has 1 amide bonds. The van der Waals surface area contributed by atoms with E-state index in [0.29, 0.717) is 21.5 Å². The smallest absolute Gasteiger partial charge is 0.234 e. The third-order valence-corrected chi connectivity index (χ3v) is 4.69. The Balaban J connectivity index is 1.87. The molecule has 2 rings (SSSR count). The molecule has 0 spiro atoms. The summed E-state index contributed by atoms with van der Waals surface area (Å²) in [7, 11) is 0. The minimum Gasteiger partial charge on any atom is -0.324 e. The van der Waals surface area contributed by atoms with Crippen LogP contribution in [0.5, 0.6) is 0 Å². The molecule has 0 aromatic heterocycles. The molecule has 0 unspecified atom stereocenters. The summed E-state index contributed by atoms with van der Waals surface area (Å²) in [5.74, 6) is 0.293. The van der Waals surface area contributed by atoms with Crippen molar-refractivity contribution in [2.75, 3.05) is 11.1 Å². The molecular weight excluding hydrogens is 325 g/mol. The Kier molecular flexibility index (Phi) is 5.97. The first-order chi connectivity index (χ1) is 10.1. The highest BCUT2D eigenvalue weighted by molar-refractivity contribution is 8.00. The largest absolute Gasteiger partial charge is 0.324 e. The number of hydrogen-bond donors (Lipinski definition) is 1. The van der Waals surface area contributed by atoms with Gasteiger partial charge in [0.1, 0.15) is 0 Å². The minimum atomic E-state index is -0.0768. The summed E-state index contributed by atoms with van der Waals surface area (Å²) in [6.45, 7) is 2.09. The van der Waals surface area contributed by atoms with Crippen LogP contribution in [-0.2, 0) is 4.79 Å². The Hall–Kier alpha value is -1.16. The van der Waals surface area contributed by atoms with Crippen molar-refractivity contribution in [3.8, 4) is 0 Å². The van der Waals surface area contributed by atoms with E-state index in [1.165, 1.54) is 5.56 Å². The van der Waals surface area contributed by atoms with Crippen LogP contribution >= 0.6 is 35.0 Å². The predicted molar refractivity (Wildman–Crippen MR) is 92.4 cm³/mol. The fraction of sp³-hybridized carbons (Fsp3) is 0.188. The standard InChI is InChI=1S/C16H15Cl2NOS/c1-11(12-5-3-2-4-6-12)21-10-16(20)19-15-8-7-13(17)9-14(15)18/h2-9,11H,10H2,1H3,(H,19,20)/t11-/m0/s1. The molecule has 0 bridgehead atoms. The second-order valence-electron chi connectivity index (χ2n) is 4.54. The number of anilines is 1. The van der Waals surface area contributed by atoms with E-state index in [4.69, 9.17) is 23.2 Å². The van der Waals surface area contributed by atoms with E-state index in [1.54, 1.807) is 30.0 Å². The van der Waals surface area contributed by atoms with Gasteiger partial charge in [0.25, 0.3) is 0 Å². The van der Waals surface area contributed by atoms with E-state index in [-0.39, 0.29) is 11.2 Å². The highest BCUT2D eigenvalue weighted by atomic mass is 35.5. The number of rotatable bonds is 5. The predicted octanol–water partition coefficient (Wildman–Crippen LogP) is 5.43. The lowest BCUT2D eigenvalue weighted by Gasteiger charge is -2.12. The highest BCUT2D eigenvalue weighted by Crippen LogP contribution is 2.29. The molecule has 0 fully saturated rings. The SMILES string of the molecule is C[C@H](SCC(=O)Nc1ccc(Cl)cc1Cl)c1ccccc1. The van der Waals surface area contributed by atoms with Gasteiger partial charge in [-0.1, -0.05) is 53.5 Å². The number of carbonyl (C=O) groups excluding carboxylic acids is 1. The number of nitrogens with one attached hydrogen (secondary N) is 1. The number of hydrogen-bond acceptors (Lipinski definition) is 2. The van der Waals surface area contributed by atoms with E-state index >= 15 is 0 Å². The third kappa shape index (κ3) is 4.95. The lowest BCUT2D eigenvalue weighted by Crippen LogP contribution is -2.15. The van der Waals surface area contributed by atoms with Gasteiger partial charge in [0.2, 0.25) is 5.91 Å². The molecule has 0 saturated heterocycles. The molecule has 2 nitrogen and oxygen atoms in total. The van der Waals surface area contributed by atoms with Gasteiger partial charge >= 0.3 is 0 Å². The minimum absolute atomic E-state index is 0.0768. The van der Waals surface area contributed by atoms with Crippen LogP contribution < -0.4 is 5.32 Å². The Bertz CT molecular complexity index is 619. The van der Waals surface area contributed by atoms with E-state index in [2.05, 4.69) is 24.4 Å². The van der Waals surface area contributed by atoms with E-state index in [0.717, 1.165) is 0 Å².